The molecule has 0 amide bonds. The molecule has 0 radical (unpaired) electrons. The van der Waals surface area contributed by atoms with E-state index in [4.69, 9.17) is 10.5 Å². The predicted molar refractivity (Wildman–Crippen MR) is 94.4 cm³/mol. The molecule has 0 aromatic heterocycles. The minimum Gasteiger partial charge on any atom is -0.496 e. The van der Waals surface area contributed by atoms with E-state index >= 15 is 0 Å². The maximum absolute atomic E-state index is 5.97. The number of para-hydroxylation sites is 1. The maximum atomic E-state index is 5.97. The molecule has 0 spiro atoms. The van der Waals surface area contributed by atoms with Gasteiger partial charge in [0.2, 0.25) is 0 Å². The first-order chi connectivity index (χ1) is 10.1. The fourth-order valence-electron chi connectivity index (χ4n) is 2.55. The summed E-state index contributed by atoms with van der Waals surface area (Å²) in [4.78, 5) is 2.42. The molecule has 0 saturated heterocycles. The Morgan fingerprint density at radius 1 is 1.33 bits per heavy atom. The van der Waals surface area contributed by atoms with Crippen molar-refractivity contribution in [2.45, 2.75) is 38.8 Å². The van der Waals surface area contributed by atoms with Crippen LogP contribution in [-0.2, 0) is 6.42 Å². The molecule has 21 heavy (non-hydrogen) atoms. The minimum atomic E-state index is 0.446. The number of likely N-dealkylation sites (N-methyl/N-ethyl adjacent to an activating group) is 1. The zero-order chi connectivity index (χ0) is 15.7. The number of benzene rings is 1. The molecule has 0 saturated carbocycles. The molecule has 1 rings (SSSR count). The van der Waals surface area contributed by atoms with Crippen LogP contribution < -0.4 is 10.5 Å². The largest absolute Gasteiger partial charge is 0.496 e. The molecule has 0 aliphatic carbocycles. The van der Waals surface area contributed by atoms with E-state index in [0.29, 0.717) is 12.1 Å². The lowest BCUT2D eigenvalue weighted by molar-refractivity contribution is 0.182. The smallest absolute Gasteiger partial charge is 0.122 e. The van der Waals surface area contributed by atoms with Crippen LogP contribution in [0.5, 0.6) is 5.75 Å². The molecule has 0 heterocycles. The third-order valence-corrected chi connectivity index (χ3v) is 4.98. The van der Waals surface area contributed by atoms with E-state index in [1.54, 1.807) is 7.11 Å². The van der Waals surface area contributed by atoms with Crippen LogP contribution >= 0.6 is 11.8 Å². The molecule has 1 aromatic rings. The molecule has 0 fully saturated rings. The Hall–Kier alpha value is -0.710. The van der Waals surface area contributed by atoms with E-state index in [0.717, 1.165) is 25.1 Å². The number of hydrogen-bond donors (Lipinski definition) is 1. The molecule has 2 atom stereocenters. The second kappa shape index (κ2) is 10.1. The Bertz CT molecular complexity index is 400. The number of nitrogens with zero attached hydrogens (tertiary/aromatic N) is 1. The van der Waals surface area contributed by atoms with Gasteiger partial charge in [0, 0.05) is 18.6 Å². The molecule has 4 heteroatoms. The van der Waals surface area contributed by atoms with Crippen LogP contribution in [-0.4, -0.2) is 49.2 Å². The zero-order valence-electron chi connectivity index (χ0n) is 13.8. The molecular weight excluding hydrogens is 280 g/mol. The molecule has 2 N–H and O–H groups in total. The van der Waals surface area contributed by atoms with E-state index in [1.807, 2.05) is 23.9 Å². The number of rotatable bonds is 10. The van der Waals surface area contributed by atoms with Crippen molar-refractivity contribution in [3.8, 4) is 5.75 Å². The molecular formula is C17H30N2OS. The van der Waals surface area contributed by atoms with E-state index in [9.17, 15) is 0 Å². The summed E-state index contributed by atoms with van der Waals surface area (Å²) in [5.74, 6) is 3.34. The lowest BCUT2D eigenvalue weighted by atomic mass is 10.0. The fraction of sp³-hybridized carbons (Fsp3) is 0.647. The van der Waals surface area contributed by atoms with Gasteiger partial charge in [0.1, 0.15) is 5.75 Å². The van der Waals surface area contributed by atoms with Gasteiger partial charge in [0.05, 0.1) is 7.11 Å². The molecule has 120 valence electrons. The molecule has 3 nitrogen and oxygen atoms in total. The highest BCUT2D eigenvalue weighted by Gasteiger charge is 2.19. The van der Waals surface area contributed by atoms with Crippen LogP contribution in [0.4, 0.5) is 0 Å². The number of thioether (sulfide) groups is 1. The number of hydrogen-bond acceptors (Lipinski definition) is 4. The van der Waals surface area contributed by atoms with Crippen molar-refractivity contribution in [2.24, 2.45) is 5.73 Å². The van der Waals surface area contributed by atoms with Crippen LogP contribution in [0.3, 0.4) is 0 Å². The molecule has 0 bridgehead atoms. The quantitative estimate of drug-likeness (QED) is 0.674. The third-order valence-electron chi connectivity index (χ3n) is 4.05. The van der Waals surface area contributed by atoms with Crippen molar-refractivity contribution in [3.63, 3.8) is 0 Å². The van der Waals surface area contributed by atoms with E-state index < -0.39 is 0 Å². The fourth-order valence-corrected chi connectivity index (χ4v) is 3.27. The average Bonchev–Trinajstić information content (AvgIpc) is 2.51. The van der Waals surface area contributed by atoms with Crippen molar-refractivity contribution < 1.29 is 4.74 Å². The van der Waals surface area contributed by atoms with Gasteiger partial charge >= 0.3 is 0 Å². The van der Waals surface area contributed by atoms with Gasteiger partial charge in [-0.1, -0.05) is 25.1 Å². The monoisotopic (exact) mass is 310 g/mol. The van der Waals surface area contributed by atoms with Crippen molar-refractivity contribution in [1.29, 1.82) is 0 Å². The van der Waals surface area contributed by atoms with E-state index in [-0.39, 0.29) is 0 Å². The first-order valence-corrected chi connectivity index (χ1v) is 8.91. The average molecular weight is 311 g/mol. The van der Waals surface area contributed by atoms with Crippen LogP contribution in [0.2, 0.25) is 0 Å². The first-order valence-electron chi connectivity index (χ1n) is 7.75. The van der Waals surface area contributed by atoms with Gasteiger partial charge in [-0.15, -0.1) is 0 Å². The molecule has 2 unspecified atom stereocenters. The van der Waals surface area contributed by atoms with E-state index in [1.165, 1.54) is 17.1 Å². The van der Waals surface area contributed by atoms with Crippen molar-refractivity contribution in [2.75, 3.05) is 32.2 Å². The van der Waals surface area contributed by atoms with Crippen molar-refractivity contribution >= 4 is 11.8 Å². The lowest BCUT2D eigenvalue weighted by Gasteiger charge is -2.33. The summed E-state index contributed by atoms with van der Waals surface area (Å²) in [6.07, 6.45) is 2.14. The minimum absolute atomic E-state index is 0.446. The normalized spacial score (nSPS) is 14.2. The Balaban J connectivity index is 2.61. The lowest BCUT2D eigenvalue weighted by Crippen LogP contribution is -2.44. The number of ether oxygens (including phenoxy) is 1. The summed E-state index contributed by atoms with van der Waals surface area (Å²) >= 11 is 1.99. The second-order valence-electron chi connectivity index (χ2n) is 5.41. The highest BCUT2D eigenvalue weighted by atomic mass is 32.2. The Labute approximate surface area is 134 Å². The van der Waals surface area contributed by atoms with Gasteiger partial charge in [-0.05, 0) is 49.9 Å². The first kappa shape index (κ1) is 18.3. The number of nitrogens with two attached hydrogens (primary N) is 1. The van der Waals surface area contributed by atoms with Gasteiger partial charge in [-0.25, -0.2) is 0 Å². The summed E-state index contributed by atoms with van der Waals surface area (Å²) in [5, 5.41) is 0. The van der Waals surface area contributed by atoms with Crippen LogP contribution in [0.1, 0.15) is 25.8 Å². The van der Waals surface area contributed by atoms with Crippen molar-refractivity contribution in [1.82, 2.24) is 4.90 Å². The topological polar surface area (TPSA) is 38.5 Å². The summed E-state index contributed by atoms with van der Waals surface area (Å²) in [6.45, 7) is 5.19. The molecule has 0 aliphatic rings. The Morgan fingerprint density at radius 3 is 2.67 bits per heavy atom. The summed E-state index contributed by atoms with van der Waals surface area (Å²) < 4.78 is 5.45. The van der Waals surface area contributed by atoms with E-state index in [2.05, 4.69) is 37.9 Å². The number of methoxy groups -OCH3 is 1. The molecule has 0 aliphatic heterocycles. The molecule has 1 aromatic carbocycles. The van der Waals surface area contributed by atoms with Crippen LogP contribution in [0, 0.1) is 0 Å². The Kier molecular flexibility index (Phi) is 8.81. The predicted octanol–water partition coefficient (Wildman–Crippen LogP) is 3.03. The van der Waals surface area contributed by atoms with Crippen LogP contribution in [0.15, 0.2) is 24.3 Å². The SMILES string of the molecule is CCSCCC(CN)N(C)C(C)Cc1ccccc1OC. The van der Waals surface area contributed by atoms with Crippen LogP contribution in [0.25, 0.3) is 0 Å². The van der Waals surface area contributed by atoms with Gasteiger partial charge in [-0.2, -0.15) is 11.8 Å². The standard InChI is InChI=1S/C17H30N2OS/c1-5-21-11-10-16(13-18)19(3)14(2)12-15-8-6-7-9-17(15)20-4/h6-9,14,16H,5,10-13,18H2,1-4H3. The van der Waals surface area contributed by atoms with Gasteiger partial charge in [-0.3, -0.25) is 4.90 Å². The highest BCUT2D eigenvalue weighted by Crippen LogP contribution is 2.21. The van der Waals surface area contributed by atoms with Crippen molar-refractivity contribution in [3.05, 3.63) is 29.8 Å². The third kappa shape index (κ3) is 5.89. The van der Waals surface area contributed by atoms with Gasteiger partial charge in [0.25, 0.3) is 0 Å². The highest BCUT2D eigenvalue weighted by molar-refractivity contribution is 7.99. The maximum Gasteiger partial charge on any atom is 0.122 e. The summed E-state index contributed by atoms with van der Waals surface area (Å²) in [7, 11) is 3.92. The Morgan fingerprint density at radius 2 is 2.05 bits per heavy atom. The van der Waals surface area contributed by atoms with Gasteiger partial charge in [0.15, 0.2) is 0 Å². The summed E-state index contributed by atoms with van der Waals surface area (Å²) in [6, 6.07) is 9.16. The van der Waals surface area contributed by atoms with Gasteiger partial charge < -0.3 is 10.5 Å². The second-order valence-corrected chi connectivity index (χ2v) is 6.80. The zero-order valence-corrected chi connectivity index (χ0v) is 14.7. The summed E-state index contributed by atoms with van der Waals surface area (Å²) in [5.41, 5.74) is 7.23.